The minimum absolute atomic E-state index is 0.0175. The molecule has 0 bridgehead atoms. The Hall–Kier alpha value is -2.40. The Bertz CT molecular complexity index is 881. The number of hydrogen-bond donors (Lipinski definition) is 1. The summed E-state index contributed by atoms with van der Waals surface area (Å²) < 4.78 is 0. The number of nitrogens with one attached hydrogen (secondary N) is 1. The first-order valence-corrected chi connectivity index (χ1v) is 8.76. The lowest BCUT2D eigenvalue weighted by Crippen LogP contribution is -2.38. The number of fused-ring (bicyclic) bond motifs is 2. The number of anilines is 1. The fourth-order valence-electron chi connectivity index (χ4n) is 3.82. The fraction of sp³-hybridized carbons (Fsp3) is 0.316. The van der Waals surface area contributed by atoms with Gasteiger partial charge in [-0.05, 0) is 54.2 Å². The van der Waals surface area contributed by atoms with Gasteiger partial charge in [0.2, 0.25) is 5.91 Å². The van der Waals surface area contributed by atoms with Gasteiger partial charge in [0.25, 0.3) is 5.91 Å². The van der Waals surface area contributed by atoms with Crippen LogP contribution in [0.3, 0.4) is 0 Å². The molecule has 0 spiro atoms. The number of carbonyl (C=O) groups excluding carboxylic acids is 2. The van der Waals surface area contributed by atoms with E-state index in [1.807, 2.05) is 6.07 Å². The van der Waals surface area contributed by atoms with E-state index < -0.39 is 0 Å². The molecular weight excluding hydrogens is 338 g/mol. The van der Waals surface area contributed by atoms with E-state index in [9.17, 15) is 9.59 Å². The van der Waals surface area contributed by atoms with Crippen LogP contribution in [-0.2, 0) is 17.6 Å². The highest BCUT2D eigenvalue weighted by Crippen LogP contribution is 2.38. The molecule has 1 aromatic heterocycles. The van der Waals surface area contributed by atoms with Crippen molar-refractivity contribution >= 4 is 29.1 Å². The monoisotopic (exact) mass is 355 g/mol. The predicted molar refractivity (Wildman–Crippen MR) is 95.9 cm³/mol. The third-order valence-electron chi connectivity index (χ3n) is 4.94. The van der Waals surface area contributed by atoms with Gasteiger partial charge in [0.15, 0.2) is 0 Å². The van der Waals surface area contributed by atoms with Crippen molar-refractivity contribution in [2.24, 2.45) is 0 Å². The number of rotatable bonds is 2. The van der Waals surface area contributed by atoms with Crippen LogP contribution in [0, 0.1) is 0 Å². The molecule has 0 fully saturated rings. The van der Waals surface area contributed by atoms with Gasteiger partial charge in [-0.15, -0.1) is 0 Å². The number of nitrogens with zero attached hydrogens (tertiary/aromatic N) is 2. The van der Waals surface area contributed by atoms with E-state index in [0.29, 0.717) is 17.1 Å². The first-order chi connectivity index (χ1) is 12.0. The molecule has 1 atom stereocenters. The van der Waals surface area contributed by atoms with E-state index in [0.717, 1.165) is 41.6 Å². The van der Waals surface area contributed by atoms with Crippen molar-refractivity contribution in [3.05, 3.63) is 57.9 Å². The zero-order valence-corrected chi connectivity index (χ0v) is 14.6. The summed E-state index contributed by atoms with van der Waals surface area (Å²) in [6.45, 7) is 2.13. The van der Waals surface area contributed by atoms with Crippen LogP contribution in [0.5, 0.6) is 0 Å². The SMILES string of the molecule is CC(=O)N[C@@H]1CCc2c1cncc2N1CCc2cc(Cl)ccc2C1=O. The van der Waals surface area contributed by atoms with Gasteiger partial charge in [0.05, 0.1) is 17.9 Å². The first-order valence-electron chi connectivity index (χ1n) is 8.39. The molecule has 1 aliphatic carbocycles. The third-order valence-corrected chi connectivity index (χ3v) is 5.18. The molecule has 1 aromatic carbocycles. The van der Waals surface area contributed by atoms with Gasteiger partial charge >= 0.3 is 0 Å². The zero-order chi connectivity index (χ0) is 17.6. The molecule has 0 radical (unpaired) electrons. The average molecular weight is 356 g/mol. The van der Waals surface area contributed by atoms with Crippen molar-refractivity contribution in [3.63, 3.8) is 0 Å². The molecule has 25 heavy (non-hydrogen) atoms. The number of aromatic nitrogens is 1. The highest BCUT2D eigenvalue weighted by atomic mass is 35.5. The number of hydrogen-bond acceptors (Lipinski definition) is 3. The van der Waals surface area contributed by atoms with Gasteiger partial charge < -0.3 is 10.2 Å². The summed E-state index contributed by atoms with van der Waals surface area (Å²) in [6.07, 6.45) is 5.99. The standard InChI is InChI=1S/C19H18ClN3O2/c1-11(24)22-17-5-4-15-16(17)9-21-10-18(15)23-7-6-12-8-13(20)2-3-14(12)19(23)25/h2-3,8-10,17H,4-7H2,1H3,(H,22,24)/t17-/m1/s1. The third kappa shape index (κ3) is 2.78. The Kier molecular flexibility index (Phi) is 3.96. The van der Waals surface area contributed by atoms with Gasteiger partial charge in [-0.25, -0.2) is 0 Å². The lowest BCUT2D eigenvalue weighted by molar-refractivity contribution is -0.119. The van der Waals surface area contributed by atoms with E-state index >= 15 is 0 Å². The molecular formula is C19H18ClN3O2. The quantitative estimate of drug-likeness (QED) is 0.900. The maximum Gasteiger partial charge on any atom is 0.258 e. The Morgan fingerprint density at radius 2 is 2.16 bits per heavy atom. The van der Waals surface area contributed by atoms with Crippen LogP contribution in [-0.4, -0.2) is 23.3 Å². The largest absolute Gasteiger partial charge is 0.349 e. The van der Waals surface area contributed by atoms with Gasteiger partial charge in [0, 0.05) is 30.3 Å². The van der Waals surface area contributed by atoms with Crippen molar-refractivity contribution in [1.29, 1.82) is 0 Å². The van der Waals surface area contributed by atoms with Crippen molar-refractivity contribution in [2.75, 3.05) is 11.4 Å². The topological polar surface area (TPSA) is 62.3 Å². The number of carbonyl (C=O) groups is 2. The molecule has 0 unspecified atom stereocenters. The van der Waals surface area contributed by atoms with Crippen molar-refractivity contribution in [2.45, 2.75) is 32.2 Å². The fourth-order valence-corrected chi connectivity index (χ4v) is 4.02. The summed E-state index contributed by atoms with van der Waals surface area (Å²) in [5.74, 6) is -0.0702. The lowest BCUT2D eigenvalue weighted by atomic mass is 9.98. The maximum atomic E-state index is 13.0. The van der Waals surface area contributed by atoms with E-state index in [1.165, 1.54) is 6.92 Å². The van der Waals surface area contributed by atoms with Gasteiger partial charge in [-0.2, -0.15) is 0 Å². The highest BCUT2D eigenvalue weighted by molar-refractivity contribution is 6.30. The molecule has 2 aromatic rings. The lowest BCUT2D eigenvalue weighted by Gasteiger charge is -2.30. The van der Waals surface area contributed by atoms with Gasteiger partial charge in [-0.3, -0.25) is 14.6 Å². The predicted octanol–water partition coefficient (Wildman–Crippen LogP) is 3.06. The van der Waals surface area contributed by atoms with Gasteiger partial charge in [-0.1, -0.05) is 11.6 Å². The Labute approximate surface area is 151 Å². The van der Waals surface area contributed by atoms with Crippen LogP contribution in [0.4, 0.5) is 5.69 Å². The number of benzene rings is 1. The van der Waals surface area contributed by atoms with Gasteiger partial charge in [0.1, 0.15) is 0 Å². The Morgan fingerprint density at radius 1 is 1.32 bits per heavy atom. The maximum absolute atomic E-state index is 13.0. The normalized spacial score (nSPS) is 18.7. The van der Waals surface area contributed by atoms with Crippen molar-refractivity contribution < 1.29 is 9.59 Å². The summed E-state index contributed by atoms with van der Waals surface area (Å²) in [5, 5.41) is 3.62. The second-order valence-corrected chi connectivity index (χ2v) is 6.96. The molecule has 6 heteroatoms. The Morgan fingerprint density at radius 3 is 2.96 bits per heavy atom. The molecule has 128 valence electrons. The van der Waals surface area contributed by atoms with Crippen molar-refractivity contribution in [1.82, 2.24) is 10.3 Å². The minimum Gasteiger partial charge on any atom is -0.349 e. The van der Waals surface area contributed by atoms with Crippen LogP contribution in [0.25, 0.3) is 0 Å². The van der Waals surface area contributed by atoms with E-state index in [-0.39, 0.29) is 17.9 Å². The minimum atomic E-state index is -0.0527. The van der Waals surface area contributed by atoms with E-state index in [1.54, 1.807) is 29.4 Å². The molecule has 1 N–H and O–H groups in total. The number of pyridine rings is 1. The zero-order valence-electron chi connectivity index (χ0n) is 13.9. The molecule has 0 saturated heterocycles. The van der Waals surface area contributed by atoms with Crippen LogP contribution < -0.4 is 10.2 Å². The smallest absolute Gasteiger partial charge is 0.258 e. The molecule has 5 nitrogen and oxygen atoms in total. The first kappa shape index (κ1) is 16.1. The van der Waals surface area contributed by atoms with Crippen LogP contribution >= 0.6 is 11.6 Å². The molecule has 2 heterocycles. The number of amides is 2. The summed E-state index contributed by atoms with van der Waals surface area (Å²) in [6, 6.07) is 5.39. The van der Waals surface area contributed by atoms with Crippen LogP contribution in [0.15, 0.2) is 30.6 Å². The second kappa shape index (κ2) is 6.15. The summed E-state index contributed by atoms with van der Waals surface area (Å²) in [7, 11) is 0. The molecule has 2 aliphatic rings. The van der Waals surface area contributed by atoms with Crippen LogP contribution in [0.2, 0.25) is 5.02 Å². The molecule has 4 rings (SSSR count). The molecule has 1 aliphatic heterocycles. The Balaban J connectivity index is 1.70. The molecule has 2 amide bonds. The van der Waals surface area contributed by atoms with Crippen molar-refractivity contribution in [3.8, 4) is 0 Å². The number of halogens is 1. The second-order valence-electron chi connectivity index (χ2n) is 6.53. The highest BCUT2D eigenvalue weighted by Gasteiger charge is 2.32. The van der Waals surface area contributed by atoms with Crippen LogP contribution in [0.1, 0.15) is 46.4 Å². The summed E-state index contributed by atoms with van der Waals surface area (Å²) in [4.78, 5) is 30.5. The van der Waals surface area contributed by atoms with E-state index in [4.69, 9.17) is 11.6 Å². The summed E-state index contributed by atoms with van der Waals surface area (Å²) in [5.41, 5.74) is 4.67. The summed E-state index contributed by atoms with van der Waals surface area (Å²) >= 11 is 6.04. The van der Waals surface area contributed by atoms with E-state index in [2.05, 4.69) is 10.3 Å². The average Bonchev–Trinajstić information content (AvgIpc) is 2.98. The molecule has 0 saturated carbocycles.